The fraction of sp³-hybridized carbons (Fsp3) is 0.455. The second-order valence-corrected chi connectivity index (χ2v) is 3.87. The van der Waals surface area contributed by atoms with Crippen molar-refractivity contribution in [1.82, 2.24) is 10.6 Å². The molecule has 0 radical (unpaired) electrons. The van der Waals surface area contributed by atoms with E-state index in [1.54, 1.807) is 6.07 Å². The Morgan fingerprint density at radius 1 is 1.30 bits per heavy atom. The van der Waals surface area contributed by atoms with Gasteiger partial charge in [0.1, 0.15) is 18.4 Å². The summed E-state index contributed by atoms with van der Waals surface area (Å²) in [6.45, 7) is -1.66. The normalized spacial score (nSPS) is 12.8. The van der Waals surface area contributed by atoms with Gasteiger partial charge in [-0.1, -0.05) is 0 Å². The van der Waals surface area contributed by atoms with E-state index in [-0.39, 0.29) is 13.0 Å². The third-order valence-electron chi connectivity index (χ3n) is 2.23. The molecule has 0 fully saturated rings. The van der Waals surface area contributed by atoms with Gasteiger partial charge in [0.2, 0.25) is 0 Å². The molecule has 9 heteroatoms. The number of carbonyl (C=O) groups is 2. The molecule has 1 rings (SSSR count). The molecule has 112 valence electrons. The number of hydrogen-bond donors (Lipinski definition) is 3. The average Bonchev–Trinajstić information content (AvgIpc) is 2.88. The van der Waals surface area contributed by atoms with Gasteiger partial charge in [0.15, 0.2) is 0 Å². The van der Waals surface area contributed by atoms with E-state index in [0.717, 1.165) is 0 Å². The monoisotopic (exact) mass is 294 g/mol. The lowest BCUT2D eigenvalue weighted by Crippen LogP contribution is -2.43. The van der Waals surface area contributed by atoms with Crippen molar-refractivity contribution < 1.29 is 32.3 Å². The van der Waals surface area contributed by atoms with Crippen molar-refractivity contribution in [3.63, 3.8) is 0 Å². The largest absolute Gasteiger partial charge is 0.467 e. The van der Waals surface area contributed by atoms with Gasteiger partial charge in [0.25, 0.3) is 0 Å². The Balaban J connectivity index is 2.24. The van der Waals surface area contributed by atoms with Crippen LogP contribution in [0.2, 0.25) is 0 Å². The van der Waals surface area contributed by atoms with Gasteiger partial charge in [0.05, 0.1) is 6.26 Å². The van der Waals surface area contributed by atoms with E-state index >= 15 is 0 Å². The van der Waals surface area contributed by atoms with Gasteiger partial charge in [-0.15, -0.1) is 0 Å². The van der Waals surface area contributed by atoms with E-state index < -0.39 is 30.6 Å². The highest BCUT2D eigenvalue weighted by Gasteiger charge is 2.29. The molecule has 0 saturated carbocycles. The van der Waals surface area contributed by atoms with Crippen LogP contribution in [0.5, 0.6) is 0 Å². The summed E-state index contributed by atoms with van der Waals surface area (Å²) in [5, 5.41) is 13.1. The Hall–Kier alpha value is -2.03. The standard InChI is InChI=1S/C11H13F3N2O4/c12-11(13,14)6-16-10(19)9(18)15-4-3-7(17)8-2-1-5-20-8/h1-2,5,7,17H,3-4,6H2,(H,15,18)(H,16,19)/t7-/m0/s1. The van der Waals surface area contributed by atoms with Crippen molar-refractivity contribution in [1.29, 1.82) is 0 Å². The summed E-state index contributed by atoms with van der Waals surface area (Å²) in [5.74, 6) is -2.28. The first-order valence-corrected chi connectivity index (χ1v) is 5.64. The molecule has 0 bridgehead atoms. The molecule has 1 atom stereocenters. The summed E-state index contributed by atoms with van der Waals surface area (Å²) in [6, 6.07) is 3.10. The van der Waals surface area contributed by atoms with Crippen LogP contribution in [0.1, 0.15) is 18.3 Å². The molecule has 0 aromatic carbocycles. The molecule has 0 aliphatic heterocycles. The first kappa shape index (κ1) is 16.0. The number of amides is 2. The third-order valence-corrected chi connectivity index (χ3v) is 2.23. The molecule has 20 heavy (non-hydrogen) atoms. The summed E-state index contributed by atoms with van der Waals surface area (Å²) in [4.78, 5) is 22.1. The van der Waals surface area contributed by atoms with Gasteiger partial charge in [-0.05, 0) is 18.6 Å². The smallest absolute Gasteiger partial charge is 0.405 e. The lowest BCUT2D eigenvalue weighted by molar-refractivity contribution is -0.146. The van der Waals surface area contributed by atoms with Crippen LogP contribution in [-0.2, 0) is 9.59 Å². The molecule has 1 aromatic heterocycles. The molecule has 0 aliphatic rings. The molecule has 3 N–H and O–H groups in total. The van der Waals surface area contributed by atoms with E-state index in [4.69, 9.17) is 4.42 Å². The van der Waals surface area contributed by atoms with E-state index in [1.807, 2.05) is 0 Å². The maximum Gasteiger partial charge on any atom is 0.405 e. The Morgan fingerprint density at radius 2 is 1.95 bits per heavy atom. The summed E-state index contributed by atoms with van der Waals surface area (Å²) in [6.07, 6.45) is -4.12. The van der Waals surface area contributed by atoms with Crippen molar-refractivity contribution >= 4 is 11.8 Å². The highest BCUT2D eigenvalue weighted by atomic mass is 19.4. The van der Waals surface area contributed by atoms with E-state index in [2.05, 4.69) is 5.32 Å². The number of aliphatic hydroxyl groups excluding tert-OH is 1. The topological polar surface area (TPSA) is 91.6 Å². The summed E-state index contributed by atoms with van der Waals surface area (Å²) >= 11 is 0. The first-order valence-electron chi connectivity index (χ1n) is 5.64. The molecule has 1 heterocycles. The quantitative estimate of drug-likeness (QED) is 0.690. The zero-order valence-electron chi connectivity index (χ0n) is 10.2. The van der Waals surface area contributed by atoms with E-state index in [9.17, 15) is 27.9 Å². The molecule has 0 unspecified atom stereocenters. The summed E-state index contributed by atoms with van der Waals surface area (Å²) in [5.41, 5.74) is 0. The number of hydrogen-bond acceptors (Lipinski definition) is 4. The summed E-state index contributed by atoms with van der Waals surface area (Å²) < 4.78 is 40.3. The average molecular weight is 294 g/mol. The predicted molar refractivity (Wildman–Crippen MR) is 60.4 cm³/mol. The van der Waals surface area contributed by atoms with Crippen molar-refractivity contribution in [3.8, 4) is 0 Å². The second kappa shape index (κ2) is 6.94. The molecular weight excluding hydrogens is 281 g/mol. The van der Waals surface area contributed by atoms with Gasteiger partial charge < -0.3 is 20.2 Å². The van der Waals surface area contributed by atoms with E-state index in [0.29, 0.717) is 5.76 Å². The summed E-state index contributed by atoms with van der Waals surface area (Å²) in [7, 11) is 0. The Bertz CT molecular complexity index is 445. The number of rotatable bonds is 5. The molecule has 6 nitrogen and oxygen atoms in total. The van der Waals surface area contributed by atoms with Gasteiger partial charge in [-0.3, -0.25) is 9.59 Å². The third kappa shape index (κ3) is 5.74. The highest BCUT2D eigenvalue weighted by molar-refractivity contribution is 6.35. The predicted octanol–water partition coefficient (Wildman–Crippen LogP) is 0.498. The number of aliphatic hydroxyl groups is 1. The molecular formula is C11H13F3N2O4. The van der Waals surface area contributed by atoms with Gasteiger partial charge in [-0.2, -0.15) is 13.2 Å². The highest BCUT2D eigenvalue weighted by Crippen LogP contribution is 2.15. The molecule has 0 spiro atoms. The minimum atomic E-state index is -4.58. The number of halogens is 3. The van der Waals surface area contributed by atoms with Crippen LogP contribution in [0.25, 0.3) is 0 Å². The van der Waals surface area contributed by atoms with Crippen LogP contribution in [0.3, 0.4) is 0 Å². The van der Waals surface area contributed by atoms with Crippen LogP contribution in [0.4, 0.5) is 13.2 Å². The van der Waals surface area contributed by atoms with Crippen LogP contribution in [0.15, 0.2) is 22.8 Å². The van der Waals surface area contributed by atoms with Gasteiger partial charge in [-0.25, -0.2) is 0 Å². The van der Waals surface area contributed by atoms with Crippen LogP contribution >= 0.6 is 0 Å². The fourth-order valence-electron chi connectivity index (χ4n) is 1.29. The lowest BCUT2D eigenvalue weighted by Gasteiger charge is -2.10. The number of nitrogens with one attached hydrogen (secondary N) is 2. The van der Waals surface area contributed by atoms with Crippen LogP contribution in [0, 0.1) is 0 Å². The van der Waals surface area contributed by atoms with Gasteiger partial charge in [0, 0.05) is 6.54 Å². The Labute approximate surface area is 111 Å². The van der Waals surface area contributed by atoms with Crippen molar-refractivity contribution in [2.24, 2.45) is 0 Å². The molecule has 2 amide bonds. The zero-order chi connectivity index (χ0) is 15.2. The Morgan fingerprint density at radius 3 is 2.50 bits per heavy atom. The minimum Gasteiger partial charge on any atom is -0.467 e. The maximum atomic E-state index is 11.8. The van der Waals surface area contributed by atoms with Crippen LogP contribution < -0.4 is 10.6 Å². The minimum absolute atomic E-state index is 0.0613. The fourth-order valence-corrected chi connectivity index (χ4v) is 1.29. The number of furan rings is 1. The van der Waals surface area contributed by atoms with Crippen molar-refractivity contribution in [2.75, 3.05) is 13.1 Å². The molecule has 0 saturated heterocycles. The van der Waals surface area contributed by atoms with Crippen LogP contribution in [-0.4, -0.2) is 36.2 Å². The number of carbonyl (C=O) groups excluding carboxylic acids is 2. The lowest BCUT2D eigenvalue weighted by atomic mass is 10.2. The molecule has 0 aliphatic carbocycles. The van der Waals surface area contributed by atoms with Crippen molar-refractivity contribution in [2.45, 2.75) is 18.7 Å². The molecule has 1 aromatic rings. The van der Waals surface area contributed by atoms with Gasteiger partial charge >= 0.3 is 18.0 Å². The first-order chi connectivity index (χ1) is 9.29. The second-order valence-electron chi connectivity index (χ2n) is 3.87. The van der Waals surface area contributed by atoms with Crippen molar-refractivity contribution in [3.05, 3.63) is 24.2 Å². The van der Waals surface area contributed by atoms with E-state index in [1.165, 1.54) is 17.6 Å². The SMILES string of the molecule is O=C(NCC[C@H](O)c1ccco1)C(=O)NCC(F)(F)F. The zero-order valence-corrected chi connectivity index (χ0v) is 10.2. The number of alkyl halides is 3. The Kier molecular flexibility index (Phi) is 5.56. The maximum absolute atomic E-state index is 11.8.